The Kier molecular flexibility index (Phi) is 5.51. The van der Waals surface area contributed by atoms with Crippen LogP contribution in [0.2, 0.25) is 0 Å². The van der Waals surface area contributed by atoms with Crippen LogP contribution in [0.4, 0.5) is 0 Å². The standard InChI is InChI=1S/C16H19NO4/c1-20-16(19)11-14-12-17(9-10-21-14)15(18)8-7-13-5-3-2-4-6-13/h2-8,14H,9-12H2,1H3/b8-7+. The van der Waals surface area contributed by atoms with Crippen molar-refractivity contribution in [3.63, 3.8) is 0 Å². The largest absolute Gasteiger partial charge is 0.469 e. The maximum Gasteiger partial charge on any atom is 0.308 e. The molecule has 2 rings (SSSR count). The SMILES string of the molecule is COC(=O)CC1CN(C(=O)/C=C/c2ccccc2)CCO1. The lowest BCUT2D eigenvalue weighted by Crippen LogP contribution is -2.45. The lowest BCUT2D eigenvalue weighted by Gasteiger charge is -2.31. The Morgan fingerprint density at radius 1 is 1.38 bits per heavy atom. The summed E-state index contributed by atoms with van der Waals surface area (Å²) in [5.41, 5.74) is 0.977. The van der Waals surface area contributed by atoms with Crippen LogP contribution in [-0.4, -0.2) is 49.7 Å². The average molecular weight is 289 g/mol. The number of benzene rings is 1. The van der Waals surface area contributed by atoms with Crippen LogP contribution in [0.25, 0.3) is 6.08 Å². The molecule has 0 spiro atoms. The molecule has 112 valence electrons. The van der Waals surface area contributed by atoms with Crippen LogP contribution >= 0.6 is 0 Å². The number of methoxy groups -OCH3 is 1. The molecule has 5 heteroatoms. The Hall–Kier alpha value is -2.14. The third-order valence-electron chi connectivity index (χ3n) is 3.29. The molecule has 1 heterocycles. The van der Waals surface area contributed by atoms with Crippen molar-refractivity contribution >= 4 is 18.0 Å². The molecule has 21 heavy (non-hydrogen) atoms. The zero-order chi connectivity index (χ0) is 15.1. The minimum atomic E-state index is -0.325. The van der Waals surface area contributed by atoms with Gasteiger partial charge in [-0.1, -0.05) is 30.3 Å². The van der Waals surface area contributed by atoms with Gasteiger partial charge in [0.2, 0.25) is 5.91 Å². The van der Waals surface area contributed by atoms with Gasteiger partial charge < -0.3 is 14.4 Å². The number of ether oxygens (including phenoxy) is 2. The molecular formula is C16H19NO4. The van der Waals surface area contributed by atoms with E-state index in [-0.39, 0.29) is 24.4 Å². The van der Waals surface area contributed by atoms with E-state index in [0.29, 0.717) is 19.7 Å². The monoisotopic (exact) mass is 289 g/mol. The van der Waals surface area contributed by atoms with Crippen LogP contribution in [0.5, 0.6) is 0 Å². The van der Waals surface area contributed by atoms with Crippen molar-refractivity contribution in [2.24, 2.45) is 0 Å². The van der Waals surface area contributed by atoms with Crippen LogP contribution in [-0.2, 0) is 19.1 Å². The van der Waals surface area contributed by atoms with Crippen LogP contribution in [0.3, 0.4) is 0 Å². The summed E-state index contributed by atoms with van der Waals surface area (Å²) < 4.78 is 10.1. The first-order valence-corrected chi connectivity index (χ1v) is 6.89. The van der Waals surface area contributed by atoms with Crippen molar-refractivity contribution < 1.29 is 19.1 Å². The molecule has 1 fully saturated rings. The molecular weight excluding hydrogens is 270 g/mol. The predicted molar refractivity (Wildman–Crippen MR) is 78.4 cm³/mol. The molecule has 0 aromatic heterocycles. The fourth-order valence-electron chi connectivity index (χ4n) is 2.15. The second kappa shape index (κ2) is 7.59. The van der Waals surface area contributed by atoms with Crippen molar-refractivity contribution in [2.75, 3.05) is 26.8 Å². The van der Waals surface area contributed by atoms with Gasteiger partial charge in [-0.2, -0.15) is 0 Å². The third-order valence-corrected chi connectivity index (χ3v) is 3.29. The van der Waals surface area contributed by atoms with Crippen molar-refractivity contribution in [1.29, 1.82) is 0 Å². The number of nitrogens with zero attached hydrogens (tertiary/aromatic N) is 1. The number of rotatable bonds is 4. The van der Waals surface area contributed by atoms with Crippen molar-refractivity contribution in [1.82, 2.24) is 4.90 Å². The fraction of sp³-hybridized carbons (Fsp3) is 0.375. The van der Waals surface area contributed by atoms with Crippen LogP contribution in [0, 0.1) is 0 Å². The summed E-state index contributed by atoms with van der Waals surface area (Å²) >= 11 is 0. The molecule has 0 radical (unpaired) electrons. The van der Waals surface area contributed by atoms with Gasteiger partial charge >= 0.3 is 5.97 Å². The van der Waals surface area contributed by atoms with E-state index in [4.69, 9.17) is 4.74 Å². The highest BCUT2D eigenvalue weighted by Crippen LogP contribution is 2.11. The highest BCUT2D eigenvalue weighted by Gasteiger charge is 2.25. The summed E-state index contributed by atoms with van der Waals surface area (Å²) in [6.45, 7) is 1.38. The highest BCUT2D eigenvalue weighted by atomic mass is 16.5. The molecule has 1 aliphatic heterocycles. The molecule has 1 unspecified atom stereocenters. The van der Waals surface area contributed by atoms with Crippen molar-refractivity contribution in [3.8, 4) is 0 Å². The fourth-order valence-corrected chi connectivity index (χ4v) is 2.15. The van der Waals surface area contributed by atoms with Gasteiger partial charge in [-0.25, -0.2) is 0 Å². The number of carbonyl (C=O) groups is 2. The molecule has 0 bridgehead atoms. The Morgan fingerprint density at radius 3 is 2.86 bits per heavy atom. The molecule has 1 saturated heterocycles. The van der Waals surface area contributed by atoms with Crippen LogP contribution in [0.1, 0.15) is 12.0 Å². The summed E-state index contributed by atoms with van der Waals surface area (Å²) in [6.07, 6.45) is 3.21. The number of hydrogen-bond acceptors (Lipinski definition) is 4. The van der Waals surface area contributed by atoms with E-state index in [9.17, 15) is 9.59 Å². The van der Waals surface area contributed by atoms with Gasteiger partial charge in [0.1, 0.15) is 0 Å². The van der Waals surface area contributed by atoms with E-state index >= 15 is 0 Å². The maximum atomic E-state index is 12.1. The Labute approximate surface area is 124 Å². The van der Waals surface area contributed by atoms with Gasteiger partial charge in [0.25, 0.3) is 0 Å². The summed E-state index contributed by atoms with van der Waals surface area (Å²) in [5.74, 6) is -0.397. The second-order valence-electron chi connectivity index (χ2n) is 4.80. The third kappa shape index (κ3) is 4.72. The van der Waals surface area contributed by atoms with E-state index < -0.39 is 0 Å². The molecule has 1 aromatic carbocycles. The minimum Gasteiger partial charge on any atom is -0.469 e. The lowest BCUT2D eigenvalue weighted by molar-refractivity contribution is -0.148. The predicted octanol–water partition coefficient (Wildman–Crippen LogP) is 1.49. The van der Waals surface area contributed by atoms with E-state index in [2.05, 4.69) is 4.74 Å². The van der Waals surface area contributed by atoms with E-state index in [1.165, 1.54) is 7.11 Å². The van der Waals surface area contributed by atoms with Gasteiger partial charge in [0, 0.05) is 19.2 Å². The maximum absolute atomic E-state index is 12.1. The molecule has 5 nitrogen and oxygen atoms in total. The van der Waals surface area contributed by atoms with Crippen LogP contribution in [0.15, 0.2) is 36.4 Å². The number of hydrogen-bond donors (Lipinski definition) is 0. The Balaban J connectivity index is 1.90. The quantitative estimate of drug-likeness (QED) is 0.622. The Bertz CT molecular complexity index is 512. The molecule has 1 aromatic rings. The van der Waals surface area contributed by atoms with Gasteiger partial charge in [0.05, 0.1) is 26.2 Å². The van der Waals surface area contributed by atoms with E-state index in [1.54, 1.807) is 17.1 Å². The zero-order valence-corrected chi connectivity index (χ0v) is 12.0. The van der Waals surface area contributed by atoms with Crippen LogP contribution < -0.4 is 0 Å². The number of esters is 1. The van der Waals surface area contributed by atoms with Gasteiger partial charge in [0.15, 0.2) is 0 Å². The number of morpholine rings is 1. The topological polar surface area (TPSA) is 55.8 Å². The molecule has 0 aliphatic carbocycles. The summed E-state index contributed by atoms with van der Waals surface area (Å²) in [4.78, 5) is 25.1. The first-order valence-electron chi connectivity index (χ1n) is 6.89. The smallest absolute Gasteiger partial charge is 0.308 e. The zero-order valence-electron chi connectivity index (χ0n) is 12.0. The van der Waals surface area contributed by atoms with Crippen molar-refractivity contribution in [3.05, 3.63) is 42.0 Å². The van der Waals surface area contributed by atoms with E-state index in [1.807, 2.05) is 30.3 Å². The van der Waals surface area contributed by atoms with E-state index in [0.717, 1.165) is 5.56 Å². The number of carbonyl (C=O) groups excluding carboxylic acids is 2. The first-order chi connectivity index (χ1) is 10.2. The molecule has 1 amide bonds. The van der Waals surface area contributed by atoms with Gasteiger partial charge in [-0.3, -0.25) is 9.59 Å². The second-order valence-corrected chi connectivity index (χ2v) is 4.80. The highest BCUT2D eigenvalue weighted by molar-refractivity contribution is 5.91. The molecule has 0 N–H and O–H groups in total. The number of amides is 1. The summed E-state index contributed by atoms with van der Waals surface area (Å²) in [5, 5.41) is 0. The van der Waals surface area contributed by atoms with Gasteiger partial charge in [-0.15, -0.1) is 0 Å². The first kappa shape index (κ1) is 15.3. The lowest BCUT2D eigenvalue weighted by atomic mass is 10.2. The average Bonchev–Trinajstić information content (AvgIpc) is 2.53. The molecule has 1 aliphatic rings. The normalized spacial score (nSPS) is 18.7. The summed E-state index contributed by atoms with van der Waals surface area (Å²) in [6, 6.07) is 9.64. The minimum absolute atomic E-state index is 0.0722. The Morgan fingerprint density at radius 2 is 2.14 bits per heavy atom. The van der Waals surface area contributed by atoms with Crippen molar-refractivity contribution in [2.45, 2.75) is 12.5 Å². The molecule has 0 saturated carbocycles. The molecule has 1 atom stereocenters. The van der Waals surface area contributed by atoms with Gasteiger partial charge in [-0.05, 0) is 11.6 Å². The summed E-state index contributed by atoms with van der Waals surface area (Å²) in [7, 11) is 1.34.